The van der Waals surface area contributed by atoms with Gasteiger partial charge in [0.05, 0.1) is 5.69 Å². The van der Waals surface area contributed by atoms with E-state index in [1.807, 2.05) is 0 Å². The van der Waals surface area contributed by atoms with Gasteiger partial charge in [-0.25, -0.2) is 9.97 Å². The third kappa shape index (κ3) is 2.59. The van der Waals surface area contributed by atoms with Crippen LogP contribution in [0.15, 0.2) is 30.5 Å². The zero-order valence-corrected chi connectivity index (χ0v) is 9.68. The first kappa shape index (κ1) is 10.7. The van der Waals surface area contributed by atoms with Crippen LogP contribution in [0.3, 0.4) is 0 Å². The summed E-state index contributed by atoms with van der Waals surface area (Å²) in [7, 11) is 0. The first-order chi connectivity index (χ1) is 7.15. The van der Waals surface area contributed by atoms with E-state index in [-0.39, 0.29) is 5.28 Å². The lowest BCUT2D eigenvalue weighted by Gasteiger charge is -2.02. The summed E-state index contributed by atoms with van der Waals surface area (Å²) in [5, 5.41) is 1.32. The lowest BCUT2D eigenvalue weighted by Crippen LogP contribution is -1.86. The molecule has 0 unspecified atom stereocenters. The summed E-state index contributed by atoms with van der Waals surface area (Å²) >= 11 is 17.4. The Morgan fingerprint density at radius 3 is 2.20 bits per heavy atom. The van der Waals surface area contributed by atoms with E-state index in [1.165, 1.54) is 0 Å². The number of hydrogen-bond donors (Lipinski definition) is 0. The Bertz CT molecular complexity index is 480. The maximum atomic E-state index is 5.88. The quantitative estimate of drug-likeness (QED) is 0.721. The Morgan fingerprint density at radius 1 is 0.933 bits per heavy atom. The van der Waals surface area contributed by atoms with Gasteiger partial charge in [0.15, 0.2) is 0 Å². The van der Waals surface area contributed by atoms with Crippen molar-refractivity contribution in [2.24, 2.45) is 0 Å². The van der Waals surface area contributed by atoms with Crippen LogP contribution in [-0.4, -0.2) is 9.97 Å². The Labute approximate surface area is 102 Å². The number of nitrogens with zero attached hydrogens (tertiary/aromatic N) is 2. The molecule has 1 aromatic carbocycles. The van der Waals surface area contributed by atoms with Gasteiger partial charge in [-0.1, -0.05) is 23.2 Å². The third-order valence-electron chi connectivity index (χ3n) is 1.78. The Balaban J connectivity index is 2.54. The van der Waals surface area contributed by atoms with Crippen molar-refractivity contribution >= 4 is 34.8 Å². The molecule has 0 amide bonds. The van der Waals surface area contributed by atoms with Crippen LogP contribution in [0.1, 0.15) is 0 Å². The first-order valence-electron chi connectivity index (χ1n) is 4.10. The summed E-state index contributed by atoms with van der Waals surface area (Å²) in [4.78, 5) is 7.86. The van der Waals surface area contributed by atoms with Crippen LogP contribution in [0.25, 0.3) is 11.3 Å². The summed E-state index contributed by atoms with van der Waals surface area (Å²) in [6.07, 6.45) is 1.58. The lowest BCUT2D eigenvalue weighted by atomic mass is 10.1. The monoisotopic (exact) mass is 258 g/mol. The molecule has 0 fully saturated rings. The fourth-order valence-electron chi connectivity index (χ4n) is 1.20. The van der Waals surface area contributed by atoms with Gasteiger partial charge in [0.1, 0.15) is 0 Å². The molecule has 2 rings (SSSR count). The zero-order valence-electron chi connectivity index (χ0n) is 7.42. The number of aromatic nitrogens is 2. The topological polar surface area (TPSA) is 25.8 Å². The largest absolute Gasteiger partial charge is 0.226 e. The molecule has 0 saturated carbocycles. The minimum Gasteiger partial charge on any atom is -0.226 e. The molecule has 2 nitrogen and oxygen atoms in total. The molecule has 15 heavy (non-hydrogen) atoms. The SMILES string of the molecule is Clc1cc(Cl)cc(-c2ccnc(Cl)n2)c1. The van der Waals surface area contributed by atoms with E-state index in [2.05, 4.69) is 9.97 Å². The summed E-state index contributed by atoms with van der Waals surface area (Å²) in [6, 6.07) is 6.95. The fraction of sp³-hybridized carbons (Fsp3) is 0. The average Bonchev–Trinajstić information content (AvgIpc) is 2.16. The van der Waals surface area contributed by atoms with E-state index >= 15 is 0 Å². The Kier molecular flexibility index (Phi) is 3.10. The van der Waals surface area contributed by atoms with Crippen LogP contribution in [0.4, 0.5) is 0 Å². The second-order valence-corrected chi connectivity index (χ2v) is 4.08. The molecule has 0 radical (unpaired) electrons. The van der Waals surface area contributed by atoms with E-state index in [1.54, 1.807) is 30.5 Å². The highest BCUT2D eigenvalue weighted by atomic mass is 35.5. The van der Waals surface area contributed by atoms with Gasteiger partial charge in [-0.3, -0.25) is 0 Å². The van der Waals surface area contributed by atoms with Gasteiger partial charge in [0, 0.05) is 21.8 Å². The van der Waals surface area contributed by atoms with E-state index in [0.29, 0.717) is 15.7 Å². The number of rotatable bonds is 1. The van der Waals surface area contributed by atoms with Crippen LogP contribution in [-0.2, 0) is 0 Å². The maximum Gasteiger partial charge on any atom is 0.222 e. The van der Waals surface area contributed by atoms with Crippen molar-refractivity contribution in [2.75, 3.05) is 0 Å². The smallest absolute Gasteiger partial charge is 0.222 e. The van der Waals surface area contributed by atoms with E-state index in [4.69, 9.17) is 34.8 Å². The van der Waals surface area contributed by atoms with Crippen LogP contribution in [0, 0.1) is 0 Å². The molecule has 0 N–H and O–H groups in total. The summed E-state index contributed by atoms with van der Waals surface area (Å²) in [6.45, 7) is 0. The fourth-order valence-corrected chi connectivity index (χ4v) is 1.87. The predicted octanol–water partition coefficient (Wildman–Crippen LogP) is 4.10. The van der Waals surface area contributed by atoms with Crippen LogP contribution in [0.5, 0.6) is 0 Å². The van der Waals surface area contributed by atoms with Gasteiger partial charge in [0.2, 0.25) is 5.28 Å². The van der Waals surface area contributed by atoms with Gasteiger partial charge in [-0.2, -0.15) is 0 Å². The molecule has 1 aromatic heterocycles. The van der Waals surface area contributed by atoms with Gasteiger partial charge < -0.3 is 0 Å². The second-order valence-electron chi connectivity index (χ2n) is 2.87. The third-order valence-corrected chi connectivity index (χ3v) is 2.40. The maximum absolute atomic E-state index is 5.88. The minimum atomic E-state index is 0.198. The van der Waals surface area contributed by atoms with Crippen molar-refractivity contribution in [1.29, 1.82) is 0 Å². The van der Waals surface area contributed by atoms with Crippen LogP contribution in [0.2, 0.25) is 15.3 Å². The molecular formula is C10H5Cl3N2. The summed E-state index contributed by atoms with van der Waals surface area (Å²) < 4.78 is 0. The van der Waals surface area contributed by atoms with Crippen LogP contribution >= 0.6 is 34.8 Å². The molecule has 0 aliphatic carbocycles. The molecule has 0 spiro atoms. The van der Waals surface area contributed by atoms with Gasteiger partial charge in [-0.15, -0.1) is 0 Å². The van der Waals surface area contributed by atoms with Crippen molar-refractivity contribution in [1.82, 2.24) is 9.97 Å². The van der Waals surface area contributed by atoms with Gasteiger partial charge >= 0.3 is 0 Å². The summed E-state index contributed by atoms with van der Waals surface area (Å²) in [5.41, 5.74) is 1.51. The zero-order chi connectivity index (χ0) is 10.8. The molecular weight excluding hydrogens is 254 g/mol. The molecule has 5 heteroatoms. The van der Waals surface area contributed by atoms with Crippen LogP contribution < -0.4 is 0 Å². The number of hydrogen-bond acceptors (Lipinski definition) is 2. The number of benzene rings is 1. The normalized spacial score (nSPS) is 10.3. The molecule has 0 aliphatic rings. The van der Waals surface area contributed by atoms with E-state index in [0.717, 1.165) is 5.56 Å². The first-order valence-corrected chi connectivity index (χ1v) is 5.23. The molecule has 2 aromatic rings. The van der Waals surface area contributed by atoms with Crippen molar-refractivity contribution in [3.05, 3.63) is 45.8 Å². The highest BCUT2D eigenvalue weighted by molar-refractivity contribution is 6.35. The Morgan fingerprint density at radius 2 is 1.60 bits per heavy atom. The second kappa shape index (κ2) is 4.35. The molecule has 0 bridgehead atoms. The van der Waals surface area contributed by atoms with Gasteiger partial charge in [-0.05, 0) is 35.9 Å². The van der Waals surface area contributed by atoms with E-state index in [9.17, 15) is 0 Å². The Hall–Kier alpha value is -0.830. The predicted molar refractivity (Wildman–Crippen MR) is 62.5 cm³/mol. The minimum absolute atomic E-state index is 0.198. The standard InChI is InChI=1S/C10H5Cl3N2/c11-7-3-6(4-8(12)5-7)9-1-2-14-10(13)15-9/h1-5H. The number of halogens is 3. The van der Waals surface area contributed by atoms with Crippen molar-refractivity contribution in [3.8, 4) is 11.3 Å². The molecule has 76 valence electrons. The van der Waals surface area contributed by atoms with Gasteiger partial charge in [0.25, 0.3) is 0 Å². The highest BCUT2D eigenvalue weighted by Crippen LogP contribution is 2.26. The molecule has 0 atom stereocenters. The van der Waals surface area contributed by atoms with Crippen molar-refractivity contribution < 1.29 is 0 Å². The molecule has 0 saturated heterocycles. The average molecular weight is 260 g/mol. The van der Waals surface area contributed by atoms with E-state index < -0.39 is 0 Å². The van der Waals surface area contributed by atoms with Crippen molar-refractivity contribution in [3.63, 3.8) is 0 Å². The summed E-state index contributed by atoms with van der Waals surface area (Å²) in [5.74, 6) is 0. The molecule has 1 heterocycles. The highest BCUT2D eigenvalue weighted by Gasteiger charge is 2.03. The lowest BCUT2D eigenvalue weighted by molar-refractivity contribution is 1.17. The molecule has 0 aliphatic heterocycles. The van der Waals surface area contributed by atoms with Crippen molar-refractivity contribution in [2.45, 2.75) is 0 Å².